The van der Waals surface area contributed by atoms with Crippen LogP contribution in [0.15, 0.2) is 60.9 Å². The molecule has 0 spiro atoms. The van der Waals surface area contributed by atoms with Gasteiger partial charge in [0.2, 0.25) is 11.6 Å². The van der Waals surface area contributed by atoms with Gasteiger partial charge in [-0.25, -0.2) is 46.3 Å². The van der Waals surface area contributed by atoms with E-state index in [0.717, 1.165) is 55.0 Å². The number of ketones is 2. The van der Waals surface area contributed by atoms with Crippen molar-refractivity contribution in [3.8, 4) is 20.0 Å². The van der Waals surface area contributed by atoms with Gasteiger partial charge in [-0.15, -0.1) is 45.3 Å². The maximum atomic E-state index is 14.2. The molecule has 0 aliphatic carbocycles. The topological polar surface area (TPSA) is 85.7 Å². The Labute approximate surface area is 279 Å². The highest BCUT2D eigenvalue weighted by molar-refractivity contribution is 7.26. The van der Waals surface area contributed by atoms with Crippen LogP contribution in [-0.4, -0.2) is 31.5 Å². The Bertz CT molecular complexity index is 2420. The molecule has 0 N–H and O–H groups in total. The van der Waals surface area contributed by atoms with Gasteiger partial charge < -0.3 is 0 Å². The van der Waals surface area contributed by atoms with Gasteiger partial charge >= 0.3 is 0 Å². The fourth-order valence-electron chi connectivity index (χ4n) is 4.90. The summed E-state index contributed by atoms with van der Waals surface area (Å²) < 4.78 is 84.1. The Morgan fingerprint density at radius 3 is 1.33 bits per heavy atom. The zero-order valence-electron chi connectivity index (χ0n) is 23.3. The average Bonchev–Trinajstić information content (AvgIpc) is 3.89. The van der Waals surface area contributed by atoms with Crippen LogP contribution in [0.2, 0.25) is 0 Å². The van der Waals surface area contributed by atoms with Gasteiger partial charge in [-0.05, 0) is 59.3 Å². The zero-order valence-corrected chi connectivity index (χ0v) is 26.5. The van der Waals surface area contributed by atoms with Crippen molar-refractivity contribution < 1.29 is 35.9 Å². The third kappa shape index (κ3) is 4.99. The predicted molar refractivity (Wildman–Crippen MR) is 172 cm³/mol. The molecule has 4 heterocycles. The first-order chi connectivity index (χ1) is 23.0. The summed E-state index contributed by atoms with van der Waals surface area (Å²) in [6.07, 6.45) is 2.48. The Morgan fingerprint density at radius 1 is 0.500 bits per heavy atom. The molecule has 0 amide bonds. The van der Waals surface area contributed by atoms with Crippen molar-refractivity contribution in [1.29, 1.82) is 0 Å². The largest absolute Gasteiger partial charge is 0.288 e. The maximum absolute atomic E-state index is 14.2. The van der Waals surface area contributed by atoms with Crippen molar-refractivity contribution in [2.45, 2.75) is 0 Å². The summed E-state index contributed by atoms with van der Waals surface area (Å²) >= 11 is 4.55. The monoisotopic (exact) mass is 724 g/mol. The van der Waals surface area contributed by atoms with Crippen LogP contribution in [0.3, 0.4) is 0 Å². The Balaban J connectivity index is 1.08. The molecule has 0 saturated heterocycles. The summed E-state index contributed by atoms with van der Waals surface area (Å²) in [6, 6.07) is 10.8. The lowest BCUT2D eigenvalue weighted by Gasteiger charge is -2.01. The van der Waals surface area contributed by atoms with Crippen LogP contribution in [0.5, 0.6) is 0 Å². The van der Waals surface area contributed by atoms with Crippen molar-refractivity contribution in [2.24, 2.45) is 0 Å². The number of aromatic nitrogens is 4. The summed E-state index contributed by atoms with van der Waals surface area (Å²) in [7, 11) is 0. The Morgan fingerprint density at radius 2 is 0.917 bits per heavy atom. The van der Waals surface area contributed by atoms with E-state index in [1.807, 2.05) is 24.3 Å². The fourth-order valence-corrected chi connectivity index (χ4v) is 8.69. The number of hydrogen-bond donors (Lipinski definition) is 0. The van der Waals surface area contributed by atoms with Crippen molar-refractivity contribution in [3.63, 3.8) is 0 Å². The Kier molecular flexibility index (Phi) is 7.21. The molecule has 0 aliphatic rings. The van der Waals surface area contributed by atoms with E-state index in [-0.39, 0.29) is 9.75 Å². The van der Waals surface area contributed by atoms with E-state index >= 15 is 0 Å². The van der Waals surface area contributed by atoms with E-state index in [2.05, 4.69) is 19.9 Å². The number of nitrogens with zero attached hydrogens (tertiary/aromatic N) is 4. The standard InChI is InChI=1S/C32H10F6N4O2S4/c33-15-3-1-13(23(35)25(15)37)27(43)21-9-39-29(47-21)31-41-17-5-11-8-20-18(6-12(11)7-19(17)45-31)42-32(46-20)30-40-10-22(48-30)28(44)14-2-4-16(34)26(38)24(14)36/h1-10H. The molecular formula is C32H10F6N4O2S4. The summed E-state index contributed by atoms with van der Waals surface area (Å²) in [4.78, 5) is 43.5. The van der Waals surface area contributed by atoms with Gasteiger partial charge in [0.1, 0.15) is 0 Å². The lowest BCUT2D eigenvalue weighted by atomic mass is 10.1. The van der Waals surface area contributed by atoms with Gasteiger partial charge in [0, 0.05) is 12.4 Å². The van der Waals surface area contributed by atoms with Crippen molar-refractivity contribution in [1.82, 2.24) is 19.9 Å². The number of hydrogen-bond acceptors (Lipinski definition) is 10. The second-order valence-corrected chi connectivity index (χ2v) is 14.3. The number of fused-ring (bicyclic) bond motifs is 3. The minimum Gasteiger partial charge on any atom is -0.288 e. The van der Waals surface area contributed by atoms with Crippen LogP contribution >= 0.6 is 45.3 Å². The van der Waals surface area contributed by atoms with E-state index in [4.69, 9.17) is 0 Å². The van der Waals surface area contributed by atoms with Crippen molar-refractivity contribution in [3.05, 3.63) is 117 Å². The second kappa shape index (κ2) is 11.4. The summed E-state index contributed by atoms with van der Waals surface area (Å²) in [6.45, 7) is 0. The van der Waals surface area contributed by atoms with Crippen LogP contribution in [0.1, 0.15) is 30.5 Å². The number of thiazole rings is 4. The van der Waals surface area contributed by atoms with E-state index in [9.17, 15) is 35.9 Å². The van der Waals surface area contributed by atoms with Crippen LogP contribution in [0, 0.1) is 34.9 Å². The first-order valence-electron chi connectivity index (χ1n) is 13.5. The molecule has 0 fully saturated rings. The molecule has 0 atom stereocenters. The summed E-state index contributed by atoms with van der Waals surface area (Å²) in [5.41, 5.74) is 0.122. The molecule has 48 heavy (non-hydrogen) atoms. The lowest BCUT2D eigenvalue weighted by molar-refractivity contribution is 0.102. The lowest BCUT2D eigenvalue weighted by Crippen LogP contribution is -2.05. The smallest absolute Gasteiger partial charge is 0.207 e. The third-order valence-corrected chi connectivity index (χ3v) is 11.6. The van der Waals surface area contributed by atoms with Crippen LogP contribution in [0.25, 0.3) is 51.2 Å². The van der Waals surface area contributed by atoms with E-state index in [0.29, 0.717) is 43.2 Å². The molecule has 4 aromatic carbocycles. The first-order valence-corrected chi connectivity index (χ1v) is 16.8. The molecule has 4 aromatic heterocycles. The van der Waals surface area contributed by atoms with E-state index in [1.165, 1.54) is 35.1 Å². The van der Waals surface area contributed by atoms with Gasteiger partial charge in [0.25, 0.3) is 0 Å². The van der Waals surface area contributed by atoms with Crippen LogP contribution < -0.4 is 0 Å². The van der Waals surface area contributed by atoms with Gasteiger partial charge in [-0.1, -0.05) is 0 Å². The van der Waals surface area contributed by atoms with Gasteiger partial charge in [-0.2, -0.15) is 0 Å². The van der Waals surface area contributed by atoms with E-state index in [1.54, 1.807) is 0 Å². The quantitative estimate of drug-likeness (QED) is 0.0965. The Hall–Kier alpha value is -4.90. The number of benzene rings is 4. The molecule has 8 aromatic rings. The number of rotatable bonds is 6. The highest BCUT2D eigenvalue weighted by Crippen LogP contribution is 2.39. The van der Waals surface area contributed by atoms with Crippen molar-refractivity contribution in [2.75, 3.05) is 0 Å². The first kappa shape index (κ1) is 30.4. The molecule has 0 unspecified atom stereocenters. The normalized spacial score (nSPS) is 11.7. The molecule has 0 aliphatic heterocycles. The molecular weight excluding hydrogens is 715 g/mol. The predicted octanol–water partition coefficient (Wildman–Crippen LogP) is 9.60. The molecule has 0 saturated carbocycles. The molecule has 16 heteroatoms. The maximum Gasteiger partial charge on any atom is 0.207 e. The van der Waals surface area contributed by atoms with E-state index < -0.39 is 57.6 Å². The fraction of sp³-hybridized carbons (Fsp3) is 0. The third-order valence-electron chi connectivity index (χ3n) is 7.24. The second-order valence-electron chi connectivity index (χ2n) is 10.2. The highest BCUT2D eigenvalue weighted by atomic mass is 32.1. The van der Waals surface area contributed by atoms with Crippen LogP contribution in [-0.2, 0) is 0 Å². The van der Waals surface area contributed by atoms with Crippen molar-refractivity contribution >= 4 is 88.1 Å². The number of carbonyl (C=O) groups is 2. The molecule has 236 valence electrons. The zero-order chi connectivity index (χ0) is 33.4. The summed E-state index contributed by atoms with van der Waals surface area (Å²) in [5, 5.41) is 3.52. The molecule has 6 nitrogen and oxygen atoms in total. The minimum absolute atomic E-state index is 0.0367. The molecule has 0 radical (unpaired) electrons. The number of carbonyl (C=O) groups excluding carboxylic acids is 2. The van der Waals surface area contributed by atoms with Gasteiger partial charge in [-0.3, -0.25) is 9.59 Å². The number of halogens is 6. The summed E-state index contributed by atoms with van der Waals surface area (Å²) in [5.74, 6) is -11.0. The highest BCUT2D eigenvalue weighted by Gasteiger charge is 2.24. The van der Waals surface area contributed by atoms with Gasteiger partial charge in [0.15, 0.2) is 54.9 Å². The van der Waals surface area contributed by atoms with Gasteiger partial charge in [0.05, 0.1) is 41.3 Å². The minimum atomic E-state index is -1.72. The molecule has 8 rings (SSSR count). The SMILES string of the molecule is O=C(c1cnc(-c2nc3cc4cc5sc(-c6ncc(C(=O)c7ccc(F)c(F)c7F)s6)nc5cc4cc3s2)s1)c1ccc(F)c(F)c1F. The molecule has 0 bridgehead atoms. The average molecular weight is 725 g/mol. The van der Waals surface area contributed by atoms with Crippen LogP contribution in [0.4, 0.5) is 26.3 Å².